The Kier molecular flexibility index (Phi) is 4.11. The van der Waals surface area contributed by atoms with Crippen molar-refractivity contribution in [2.24, 2.45) is 5.73 Å². The van der Waals surface area contributed by atoms with Crippen LogP contribution in [-0.2, 0) is 9.53 Å². The van der Waals surface area contributed by atoms with Gasteiger partial charge in [-0.3, -0.25) is 4.79 Å². The molecule has 0 amide bonds. The van der Waals surface area contributed by atoms with Gasteiger partial charge in [0.1, 0.15) is 17.9 Å². The topological polar surface area (TPSA) is 107 Å². The number of fused-ring (bicyclic) bond motifs is 1. The van der Waals surface area contributed by atoms with E-state index in [0.717, 1.165) is 5.52 Å². The summed E-state index contributed by atoms with van der Waals surface area (Å²) in [5, 5.41) is 0.658. The largest absolute Gasteiger partial charge is 0.465 e. The summed E-state index contributed by atoms with van der Waals surface area (Å²) in [5.74, 6) is -0.00702. The van der Waals surface area contributed by atoms with Crippen molar-refractivity contribution in [2.45, 2.75) is 18.1 Å². The van der Waals surface area contributed by atoms with Crippen LogP contribution in [0.15, 0.2) is 17.7 Å². The zero-order valence-corrected chi connectivity index (χ0v) is 10.6. The molecule has 2 aromatic heterocycles. The van der Waals surface area contributed by atoms with Gasteiger partial charge in [0.05, 0.1) is 12.8 Å². The molecular formula is C10H13N5O2S. The normalized spacial score (nSPS) is 12.6. The Morgan fingerprint density at radius 2 is 2.50 bits per heavy atom. The molecule has 1 atom stereocenters. The average Bonchev–Trinajstić information content (AvgIpc) is 2.78. The van der Waals surface area contributed by atoms with Crippen LogP contribution in [-0.4, -0.2) is 44.3 Å². The van der Waals surface area contributed by atoms with E-state index in [-0.39, 0.29) is 0 Å². The molecule has 8 heteroatoms. The minimum absolute atomic E-state index is 0.331. The third-order valence-electron chi connectivity index (χ3n) is 2.13. The number of imidazole rings is 1. The Balaban J connectivity index is 1.95. The lowest BCUT2D eigenvalue weighted by molar-refractivity contribution is -0.144. The molecule has 0 saturated carbocycles. The Morgan fingerprint density at radius 3 is 3.22 bits per heavy atom. The van der Waals surface area contributed by atoms with Crippen molar-refractivity contribution >= 4 is 28.9 Å². The van der Waals surface area contributed by atoms with E-state index in [1.807, 2.05) is 0 Å². The van der Waals surface area contributed by atoms with Crippen LogP contribution in [0, 0.1) is 0 Å². The molecule has 2 heterocycles. The smallest absolute Gasteiger partial charge is 0.323 e. The number of H-pyrrole nitrogens is 1. The van der Waals surface area contributed by atoms with Gasteiger partial charge in [-0.25, -0.2) is 15.0 Å². The highest BCUT2D eigenvalue weighted by Crippen LogP contribution is 2.17. The van der Waals surface area contributed by atoms with Crippen LogP contribution in [0.3, 0.4) is 0 Å². The van der Waals surface area contributed by atoms with Gasteiger partial charge in [0.25, 0.3) is 0 Å². The molecule has 18 heavy (non-hydrogen) atoms. The number of carbonyl (C=O) groups is 1. The van der Waals surface area contributed by atoms with Gasteiger partial charge >= 0.3 is 5.97 Å². The second-order valence-corrected chi connectivity index (χ2v) is 4.48. The number of nitrogens with two attached hydrogens (primary N) is 1. The molecule has 2 rings (SSSR count). The van der Waals surface area contributed by atoms with Gasteiger partial charge in [-0.1, -0.05) is 11.8 Å². The third kappa shape index (κ3) is 2.96. The lowest BCUT2D eigenvalue weighted by Gasteiger charge is -2.08. The second kappa shape index (κ2) is 5.78. The average molecular weight is 267 g/mol. The van der Waals surface area contributed by atoms with E-state index in [1.165, 1.54) is 18.1 Å². The Bertz CT molecular complexity index is 511. The van der Waals surface area contributed by atoms with Crippen LogP contribution >= 0.6 is 11.8 Å². The molecule has 0 unspecified atom stereocenters. The monoisotopic (exact) mass is 267 g/mol. The summed E-state index contributed by atoms with van der Waals surface area (Å²) < 4.78 is 4.82. The lowest BCUT2D eigenvalue weighted by Crippen LogP contribution is -2.34. The number of ether oxygens (including phenoxy) is 1. The van der Waals surface area contributed by atoms with Crippen LogP contribution in [0.2, 0.25) is 0 Å². The zero-order chi connectivity index (χ0) is 13.0. The number of aromatic nitrogens is 4. The third-order valence-corrected chi connectivity index (χ3v) is 3.12. The molecule has 0 aliphatic rings. The van der Waals surface area contributed by atoms with Crippen molar-refractivity contribution in [3.8, 4) is 0 Å². The van der Waals surface area contributed by atoms with Gasteiger partial charge < -0.3 is 15.5 Å². The first-order valence-electron chi connectivity index (χ1n) is 5.41. The Labute approximate surface area is 108 Å². The van der Waals surface area contributed by atoms with E-state index in [1.54, 1.807) is 13.1 Å². The van der Waals surface area contributed by atoms with Gasteiger partial charge in [-0.05, 0) is 6.92 Å². The fourth-order valence-electron chi connectivity index (χ4n) is 1.29. The Morgan fingerprint density at radius 1 is 1.67 bits per heavy atom. The fraction of sp³-hybridized carbons (Fsp3) is 0.400. The number of hydrogen-bond donors (Lipinski definition) is 2. The number of esters is 1. The SMILES string of the molecule is CCOC(=O)[C@@H](N)CSc1nc2ncncc2[nH]1. The highest BCUT2D eigenvalue weighted by atomic mass is 32.2. The van der Waals surface area contributed by atoms with E-state index in [9.17, 15) is 4.79 Å². The molecule has 96 valence electrons. The number of nitrogens with one attached hydrogen (secondary N) is 1. The molecule has 7 nitrogen and oxygen atoms in total. The number of thioether (sulfide) groups is 1. The summed E-state index contributed by atoms with van der Waals surface area (Å²) in [7, 11) is 0. The summed E-state index contributed by atoms with van der Waals surface area (Å²) >= 11 is 1.35. The van der Waals surface area contributed by atoms with E-state index in [0.29, 0.717) is 23.2 Å². The fourth-order valence-corrected chi connectivity index (χ4v) is 2.10. The molecule has 0 saturated heterocycles. The van der Waals surface area contributed by atoms with Crippen LogP contribution in [0.4, 0.5) is 0 Å². The van der Waals surface area contributed by atoms with Crippen molar-refractivity contribution in [1.82, 2.24) is 19.9 Å². The highest BCUT2D eigenvalue weighted by molar-refractivity contribution is 7.99. The number of carbonyl (C=O) groups excluding carboxylic acids is 1. The van der Waals surface area contributed by atoms with Gasteiger partial charge in [-0.2, -0.15) is 0 Å². The lowest BCUT2D eigenvalue weighted by atomic mass is 10.4. The molecule has 0 bridgehead atoms. The van der Waals surface area contributed by atoms with E-state index in [2.05, 4.69) is 19.9 Å². The van der Waals surface area contributed by atoms with Crippen molar-refractivity contribution in [2.75, 3.05) is 12.4 Å². The standard InChI is InChI=1S/C10H13N5O2S/c1-2-17-9(16)6(11)4-18-10-14-7-3-12-5-13-8(7)15-10/h3,5-6H,2,4,11H2,1H3,(H,12,13,14,15)/t6-/m0/s1. The van der Waals surface area contributed by atoms with Crippen LogP contribution < -0.4 is 5.73 Å². The summed E-state index contributed by atoms with van der Waals surface area (Å²) in [6.45, 7) is 2.08. The highest BCUT2D eigenvalue weighted by Gasteiger charge is 2.15. The van der Waals surface area contributed by atoms with Gasteiger partial charge in [0.15, 0.2) is 10.8 Å². The maximum Gasteiger partial charge on any atom is 0.323 e. The minimum Gasteiger partial charge on any atom is -0.465 e. The first-order valence-corrected chi connectivity index (χ1v) is 6.40. The molecule has 0 spiro atoms. The summed E-state index contributed by atoms with van der Waals surface area (Å²) in [4.78, 5) is 26.5. The van der Waals surface area contributed by atoms with Crippen molar-refractivity contribution in [1.29, 1.82) is 0 Å². The second-order valence-electron chi connectivity index (χ2n) is 3.47. The van der Waals surface area contributed by atoms with E-state index >= 15 is 0 Å². The first kappa shape index (κ1) is 12.8. The number of nitrogens with zero attached hydrogens (tertiary/aromatic N) is 3. The van der Waals surface area contributed by atoms with E-state index < -0.39 is 12.0 Å². The van der Waals surface area contributed by atoms with Crippen molar-refractivity contribution in [3.63, 3.8) is 0 Å². The summed E-state index contributed by atoms with van der Waals surface area (Å²) in [6, 6.07) is -0.658. The maximum absolute atomic E-state index is 11.3. The quantitative estimate of drug-likeness (QED) is 0.594. The predicted octanol–water partition coefficient (Wildman–Crippen LogP) is 0.335. The van der Waals surface area contributed by atoms with Crippen LogP contribution in [0.1, 0.15) is 6.92 Å². The predicted molar refractivity (Wildman–Crippen MR) is 67.0 cm³/mol. The first-order chi connectivity index (χ1) is 8.70. The molecule has 0 aliphatic heterocycles. The molecule has 0 aromatic carbocycles. The molecular weight excluding hydrogens is 254 g/mol. The van der Waals surface area contributed by atoms with Gasteiger partial charge in [-0.15, -0.1) is 0 Å². The summed E-state index contributed by atoms with van der Waals surface area (Å²) in [6.07, 6.45) is 3.08. The molecule has 0 fully saturated rings. The van der Waals surface area contributed by atoms with Crippen LogP contribution in [0.5, 0.6) is 0 Å². The summed E-state index contributed by atoms with van der Waals surface area (Å²) in [5.41, 5.74) is 7.03. The maximum atomic E-state index is 11.3. The molecule has 3 N–H and O–H groups in total. The van der Waals surface area contributed by atoms with Gasteiger partial charge in [0, 0.05) is 5.75 Å². The number of aromatic amines is 1. The van der Waals surface area contributed by atoms with Crippen molar-refractivity contribution < 1.29 is 9.53 Å². The molecule has 0 radical (unpaired) electrons. The minimum atomic E-state index is -0.658. The zero-order valence-electron chi connectivity index (χ0n) is 9.79. The molecule has 2 aromatic rings. The van der Waals surface area contributed by atoms with Crippen molar-refractivity contribution in [3.05, 3.63) is 12.5 Å². The van der Waals surface area contributed by atoms with Gasteiger partial charge in [0.2, 0.25) is 0 Å². The van der Waals surface area contributed by atoms with E-state index in [4.69, 9.17) is 10.5 Å². The Hall–Kier alpha value is -1.67. The number of hydrogen-bond acceptors (Lipinski definition) is 7. The van der Waals surface area contributed by atoms with Crippen LogP contribution in [0.25, 0.3) is 11.2 Å². The molecule has 0 aliphatic carbocycles. The number of rotatable bonds is 5.